The van der Waals surface area contributed by atoms with Crippen molar-refractivity contribution in [2.75, 3.05) is 0 Å². The standard InChI is InChI=1S/C10H12O2S/c11-10(8-3-1-2-4-8)12-9-5-6-13-7-9/h5-8H,1-4H2. The van der Waals surface area contributed by atoms with E-state index < -0.39 is 0 Å². The molecule has 2 nitrogen and oxygen atoms in total. The lowest BCUT2D eigenvalue weighted by Gasteiger charge is -2.06. The maximum atomic E-state index is 11.5. The predicted octanol–water partition coefficient (Wildman–Crippen LogP) is 2.84. The smallest absolute Gasteiger partial charge is 0.314 e. The second kappa shape index (κ2) is 3.92. The Kier molecular flexibility index (Phi) is 2.64. The average molecular weight is 196 g/mol. The maximum absolute atomic E-state index is 11.5. The van der Waals surface area contributed by atoms with Crippen LogP contribution in [0.15, 0.2) is 16.8 Å². The molecule has 0 bridgehead atoms. The van der Waals surface area contributed by atoms with Crippen molar-refractivity contribution in [2.45, 2.75) is 25.7 Å². The van der Waals surface area contributed by atoms with Crippen LogP contribution in [0.25, 0.3) is 0 Å². The highest BCUT2D eigenvalue weighted by Crippen LogP contribution is 2.27. The Bertz CT molecular complexity index is 273. The molecule has 1 aromatic rings. The first kappa shape index (κ1) is 8.75. The Morgan fingerprint density at radius 2 is 2.23 bits per heavy atom. The summed E-state index contributed by atoms with van der Waals surface area (Å²) in [6.45, 7) is 0. The van der Waals surface area contributed by atoms with Crippen LogP contribution in [0.5, 0.6) is 5.75 Å². The topological polar surface area (TPSA) is 26.3 Å². The molecule has 0 aromatic carbocycles. The van der Waals surface area contributed by atoms with Gasteiger partial charge in [0.2, 0.25) is 0 Å². The second-order valence-electron chi connectivity index (χ2n) is 3.36. The molecule has 70 valence electrons. The molecule has 1 aliphatic carbocycles. The van der Waals surface area contributed by atoms with Crippen molar-refractivity contribution in [1.29, 1.82) is 0 Å². The number of hydrogen-bond acceptors (Lipinski definition) is 3. The predicted molar refractivity (Wildman–Crippen MR) is 51.9 cm³/mol. The fourth-order valence-corrected chi connectivity index (χ4v) is 2.22. The van der Waals surface area contributed by atoms with Crippen molar-refractivity contribution in [3.63, 3.8) is 0 Å². The SMILES string of the molecule is O=C(Oc1ccsc1)C1CCCC1. The van der Waals surface area contributed by atoms with Gasteiger partial charge in [0.1, 0.15) is 5.75 Å². The van der Waals surface area contributed by atoms with Gasteiger partial charge in [-0.25, -0.2) is 0 Å². The lowest BCUT2D eigenvalue weighted by Crippen LogP contribution is -2.17. The largest absolute Gasteiger partial charge is 0.425 e. The summed E-state index contributed by atoms with van der Waals surface area (Å²) in [5.74, 6) is 0.803. The molecular weight excluding hydrogens is 184 g/mol. The number of hydrogen-bond donors (Lipinski definition) is 0. The van der Waals surface area contributed by atoms with Crippen LogP contribution in [0.3, 0.4) is 0 Å². The minimum Gasteiger partial charge on any atom is -0.425 e. The fourth-order valence-electron chi connectivity index (χ4n) is 1.67. The van der Waals surface area contributed by atoms with Gasteiger partial charge in [-0.05, 0) is 24.3 Å². The van der Waals surface area contributed by atoms with Crippen LogP contribution in [0.1, 0.15) is 25.7 Å². The van der Waals surface area contributed by atoms with Gasteiger partial charge < -0.3 is 4.74 Å². The van der Waals surface area contributed by atoms with E-state index in [1.165, 1.54) is 12.8 Å². The van der Waals surface area contributed by atoms with E-state index in [4.69, 9.17) is 4.74 Å². The third kappa shape index (κ3) is 2.10. The van der Waals surface area contributed by atoms with Gasteiger partial charge in [0, 0.05) is 5.38 Å². The molecule has 3 heteroatoms. The Balaban J connectivity index is 1.91. The number of carbonyl (C=O) groups excluding carboxylic acids is 1. The van der Waals surface area contributed by atoms with Crippen LogP contribution in [0.4, 0.5) is 0 Å². The van der Waals surface area contributed by atoms with Gasteiger partial charge in [0.05, 0.1) is 5.92 Å². The molecule has 1 fully saturated rings. The summed E-state index contributed by atoms with van der Waals surface area (Å²) in [6.07, 6.45) is 4.35. The number of thiophene rings is 1. The number of ether oxygens (including phenoxy) is 1. The molecule has 0 atom stereocenters. The van der Waals surface area contributed by atoms with Crippen molar-refractivity contribution in [3.05, 3.63) is 16.8 Å². The number of esters is 1. The minimum absolute atomic E-state index is 0.0455. The van der Waals surface area contributed by atoms with Crippen LogP contribution < -0.4 is 4.74 Å². The zero-order chi connectivity index (χ0) is 9.10. The molecule has 13 heavy (non-hydrogen) atoms. The van der Waals surface area contributed by atoms with Gasteiger partial charge in [-0.15, -0.1) is 11.3 Å². The van der Waals surface area contributed by atoms with E-state index in [0.717, 1.165) is 12.8 Å². The van der Waals surface area contributed by atoms with E-state index >= 15 is 0 Å². The highest BCUT2D eigenvalue weighted by Gasteiger charge is 2.24. The maximum Gasteiger partial charge on any atom is 0.314 e. The molecule has 0 amide bonds. The molecule has 1 aromatic heterocycles. The van der Waals surface area contributed by atoms with Gasteiger partial charge in [-0.2, -0.15) is 0 Å². The van der Waals surface area contributed by atoms with E-state index in [1.54, 1.807) is 11.3 Å². The highest BCUT2D eigenvalue weighted by atomic mass is 32.1. The molecule has 2 rings (SSSR count). The molecule has 0 N–H and O–H groups in total. The summed E-state index contributed by atoms with van der Waals surface area (Å²) in [4.78, 5) is 11.5. The molecule has 1 heterocycles. The molecule has 0 radical (unpaired) electrons. The quantitative estimate of drug-likeness (QED) is 0.680. The molecule has 0 spiro atoms. The van der Waals surface area contributed by atoms with Crippen LogP contribution in [-0.2, 0) is 4.79 Å². The van der Waals surface area contributed by atoms with E-state index in [0.29, 0.717) is 5.75 Å². The van der Waals surface area contributed by atoms with Gasteiger partial charge in [-0.3, -0.25) is 4.79 Å². The van der Waals surface area contributed by atoms with Crippen LogP contribution in [-0.4, -0.2) is 5.97 Å². The number of carbonyl (C=O) groups is 1. The van der Waals surface area contributed by atoms with E-state index in [2.05, 4.69) is 0 Å². The normalized spacial score (nSPS) is 17.5. The van der Waals surface area contributed by atoms with Crippen molar-refractivity contribution < 1.29 is 9.53 Å². The Labute approximate surface area is 81.5 Å². The summed E-state index contributed by atoms with van der Waals surface area (Å²) in [7, 11) is 0. The summed E-state index contributed by atoms with van der Waals surface area (Å²) >= 11 is 1.55. The van der Waals surface area contributed by atoms with Gasteiger partial charge in [0.15, 0.2) is 0 Å². The molecule has 1 aliphatic rings. The van der Waals surface area contributed by atoms with Crippen molar-refractivity contribution in [1.82, 2.24) is 0 Å². The third-order valence-corrected chi connectivity index (χ3v) is 3.06. The highest BCUT2D eigenvalue weighted by molar-refractivity contribution is 7.08. The Hall–Kier alpha value is -0.830. The summed E-state index contributed by atoms with van der Waals surface area (Å²) in [5.41, 5.74) is 0. The van der Waals surface area contributed by atoms with Crippen molar-refractivity contribution in [3.8, 4) is 5.75 Å². The van der Waals surface area contributed by atoms with Gasteiger partial charge in [0.25, 0.3) is 0 Å². The molecule has 0 aliphatic heterocycles. The monoisotopic (exact) mass is 196 g/mol. The molecule has 1 saturated carbocycles. The van der Waals surface area contributed by atoms with E-state index in [9.17, 15) is 4.79 Å². The lowest BCUT2D eigenvalue weighted by molar-refractivity contribution is -0.138. The zero-order valence-electron chi connectivity index (χ0n) is 7.36. The third-order valence-electron chi connectivity index (χ3n) is 2.40. The number of rotatable bonds is 2. The van der Waals surface area contributed by atoms with Crippen LogP contribution in [0, 0.1) is 5.92 Å². The zero-order valence-corrected chi connectivity index (χ0v) is 8.18. The first-order valence-corrected chi connectivity index (χ1v) is 5.54. The molecule has 0 saturated heterocycles. The van der Waals surface area contributed by atoms with Crippen LogP contribution >= 0.6 is 11.3 Å². The van der Waals surface area contributed by atoms with Crippen molar-refractivity contribution >= 4 is 17.3 Å². The fraction of sp³-hybridized carbons (Fsp3) is 0.500. The summed E-state index contributed by atoms with van der Waals surface area (Å²) < 4.78 is 5.21. The van der Waals surface area contributed by atoms with Crippen LogP contribution in [0.2, 0.25) is 0 Å². The second-order valence-corrected chi connectivity index (χ2v) is 4.14. The summed E-state index contributed by atoms with van der Waals surface area (Å²) in [5, 5.41) is 3.77. The molecule has 0 unspecified atom stereocenters. The van der Waals surface area contributed by atoms with Gasteiger partial charge >= 0.3 is 5.97 Å². The van der Waals surface area contributed by atoms with E-state index in [1.807, 2.05) is 16.8 Å². The molecular formula is C10H12O2S. The first-order valence-electron chi connectivity index (χ1n) is 4.60. The Morgan fingerprint density at radius 3 is 2.85 bits per heavy atom. The average Bonchev–Trinajstić information content (AvgIpc) is 2.74. The minimum atomic E-state index is -0.0455. The van der Waals surface area contributed by atoms with Gasteiger partial charge in [-0.1, -0.05) is 12.8 Å². The summed E-state index contributed by atoms with van der Waals surface area (Å²) in [6, 6.07) is 1.83. The van der Waals surface area contributed by atoms with E-state index in [-0.39, 0.29) is 11.9 Å². The lowest BCUT2D eigenvalue weighted by atomic mass is 10.1. The Morgan fingerprint density at radius 1 is 1.46 bits per heavy atom. The first-order chi connectivity index (χ1) is 6.36. The van der Waals surface area contributed by atoms with Crippen molar-refractivity contribution in [2.24, 2.45) is 5.92 Å².